The average Bonchev–Trinajstić information content (AvgIpc) is 2.89. The van der Waals surface area contributed by atoms with Gasteiger partial charge >= 0.3 is 0 Å². The molecule has 1 aliphatic carbocycles. The fourth-order valence-electron chi connectivity index (χ4n) is 3.12. The molecule has 3 rings (SSSR count). The van der Waals surface area contributed by atoms with Crippen molar-refractivity contribution >= 4 is 0 Å². The molecule has 0 bridgehead atoms. The molecule has 0 radical (unpaired) electrons. The van der Waals surface area contributed by atoms with Gasteiger partial charge in [-0.25, -0.2) is 10.9 Å². The Morgan fingerprint density at radius 3 is 2.83 bits per heavy atom. The predicted molar refractivity (Wildman–Crippen MR) is 72.6 cm³/mol. The number of hydrazine groups is 2. The molecule has 1 saturated carbocycles. The minimum Gasteiger partial charge on any atom is -0.306 e. The first kappa shape index (κ1) is 12.1. The molecule has 1 aromatic rings. The molecule has 1 heterocycles. The van der Waals surface area contributed by atoms with Gasteiger partial charge < -0.3 is 5.32 Å². The highest BCUT2D eigenvalue weighted by atomic mass is 15.7. The second-order valence-corrected chi connectivity index (χ2v) is 5.38. The Balaban J connectivity index is 1.65. The number of fused-ring (bicyclic) bond motifs is 1. The molecular formula is C14H22N4. The van der Waals surface area contributed by atoms with E-state index < -0.39 is 0 Å². The van der Waals surface area contributed by atoms with Crippen LogP contribution in [0, 0.1) is 0 Å². The van der Waals surface area contributed by atoms with Crippen molar-refractivity contribution in [2.45, 2.75) is 50.4 Å². The third-order valence-corrected chi connectivity index (χ3v) is 4.16. The van der Waals surface area contributed by atoms with Gasteiger partial charge in [0.05, 0.1) is 6.04 Å². The zero-order valence-electron chi connectivity index (χ0n) is 10.8. The largest absolute Gasteiger partial charge is 0.306 e. The van der Waals surface area contributed by atoms with E-state index in [2.05, 4.69) is 59.0 Å². The maximum atomic E-state index is 3.76. The molecule has 1 aliphatic heterocycles. The second kappa shape index (κ2) is 5.36. The van der Waals surface area contributed by atoms with E-state index in [1.807, 2.05) is 0 Å². The van der Waals surface area contributed by atoms with Gasteiger partial charge in [-0.3, -0.25) is 0 Å². The Kier molecular flexibility index (Phi) is 3.61. The molecule has 1 aromatic carbocycles. The number of nitrogens with one attached hydrogen (secondary N) is 4. The lowest BCUT2D eigenvalue weighted by Gasteiger charge is -2.35. The Labute approximate surface area is 108 Å². The van der Waals surface area contributed by atoms with Crippen LogP contribution in [0.5, 0.6) is 0 Å². The molecule has 4 unspecified atom stereocenters. The van der Waals surface area contributed by atoms with Gasteiger partial charge in [-0.05, 0) is 25.3 Å². The number of hydrogen-bond donors (Lipinski definition) is 4. The van der Waals surface area contributed by atoms with Crippen molar-refractivity contribution in [3.8, 4) is 0 Å². The van der Waals surface area contributed by atoms with Crippen LogP contribution < -0.4 is 21.7 Å². The zero-order valence-corrected chi connectivity index (χ0v) is 10.8. The van der Waals surface area contributed by atoms with Crippen LogP contribution in [0.4, 0.5) is 0 Å². The Morgan fingerprint density at radius 1 is 1.17 bits per heavy atom. The van der Waals surface area contributed by atoms with Gasteiger partial charge in [0.2, 0.25) is 0 Å². The summed E-state index contributed by atoms with van der Waals surface area (Å²) in [6.45, 7) is 2.24. The standard InChI is InChI=1S/C14H22N4/c1-10(11-6-3-2-4-7-11)15-12-8-5-9-13-14(12)17-18-16-13/h2-4,6-7,10,12-18H,5,8-9H2,1H3. The minimum atomic E-state index is 0.400. The first-order chi connectivity index (χ1) is 8.84. The van der Waals surface area contributed by atoms with Gasteiger partial charge in [0.1, 0.15) is 0 Å². The summed E-state index contributed by atoms with van der Waals surface area (Å²) in [5, 5.41) is 3.76. The van der Waals surface area contributed by atoms with Crippen LogP contribution in [-0.4, -0.2) is 18.1 Å². The highest BCUT2D eigenvalue weighted by Gasteiger charge is 2.36. The van der Waals surface area contributed by atoms with Crippen LogP contribution >= 0.6 is 0 Å². The van der Waals surface area contributed by atoms with Gasteiger partial charge in [-0.2, -0.15) is 5.53 Å². The molecule has 2 aliphatic rings. The Morgan fingerprint density at radius 2 is 2.00 bits per heavy atom. The van der Waals surface area contributed by atoms with Crippen LogP contribution in [0.3, 0.4) is 0 Å². The molecule has 4 atom stereocenters. The third-order valence-electron chi connectivity index (χ3n) is 4.16. The Hall–Kier alpha value is -0.940. The third kappa shape index (κ3) is 2.42. The monoisotopic (exact) mass is 246 g/mol. The molecule has 98 valence electrons. The first-order valence-electron chi connectivity index (χ1n) is 6.91. The maximum Gasteiger partial charge on any atom is 0.0546 e. The summed E-state index contributed by atoms with van der Waals surface area (Å²) in [4.78, 5) is 0. The molecule has 0 spiro atoms. The van der Waals surface area contributed by atoms with E-state index in [0.29, 0.717) is 24.2 Å². The minimum absolute atomic E-state index is 0.400. The molecule has 18 heavy (non-hydrogen) atoms. The van der Waals surface area contributed by atoms with Gasteiger partial charge in [-0.1, -0.05) is 36.8 Å². The molecule has 1 saturated heterocycles. The van der Waals surface area contributed by atoms with Crippen molar-refractivity contribution < 1.29 is 0 Å². The smallest absolute Gasteiger partial charge is 0.0546 e. The van der Waals surface area contributed by atoms with E-state index >= 15 is 0 Å². The van der Waals surface area contributed by atoms with Crippen LogP contribution in [0.2, 0.25) is 0 Å². The zero-order chi connectivity index (χ0) is 12.4. The van der Waals surface area contributed by atoms with E-state index in [4.69, 9.17) is 0 Å². The van der Waals surface area contributed by atoms with Gasteiger partial charge in [0.15, 0.2) is 0 Å². The van der Waals surface area contributed by atoms with Gasteiger partial charge in [0, 0.05) is 18.1 Å². The predicted octanol–water partition coefficient (Wildman–Crippen LogP) is 1.24. The molecule has 0 amide bonds. The summed E-state index contributed by atoms with van der Waals surface area (Å²) in [7, 11) is 0. The molecule has 4 N–H and O–H groups in total. The lowest BCUT2D eigenvalue weighted by Crippen LogP contribution is -2.53. The van der Waals surface area contributed by atoms with Crippen LogP contribution in [0.1, 0.15) is 37.8 Å². The maximum absolute atomic E-state index is 3.76. The lowest BCUT2D eigenvalue weighted by molar-refractivity contribution is 0.270. The first-order valence-corrected chi connectivity index (χ1v) is 6.91. The van der Waals surface area contributed by atoms with Crippen molar-refractivity contribution in [2.75, 3.05) is 0 Å². The quantitative estimate of drug-likeness (QED) is 0.648. The summed E-state index contributed by atoms with van der Waals surface area (Å²) < 4.78 is 0. The van der Waals surface area contributed by atoms with Crippen molar-refractivity contribution in [1.82, 2.24) is 21.7 Å². The van der Waals surface area contributed by atoms with E-state index in [9.17, 15) is 0 Å². The topological polar surface area (TPSA) is 48.1 Å². The van der Waals surface area contributed by atoms with Crippen molar-refractivity contribution in [3.63, 3.8) is 0 Å². The fourth-order valence-corrected chi connectivity index (χ4v) is 3.12. The summed E-state index contributed by atoms with van der Waals surface area (Å²) in [5.41, 5.74) is 11.1. The molecule has 4 nitrogen and oxygen atoms in total. The number of rotatable bonds is 3. The van der Waals surface area contributed by atoms with Crippen molar-refractivity contribution in [1.29, 1.82) is 0 Å². The fraction of sp³-hybridized carbons (Fsp3) is 0.571. The molecular weight excluding hydrogens is 224 g/mol. The van der Waals surface area contributed by atoms with E-state index in [1.165, 1.54) is 24.8 Å². The number of hydrogen-bond acceptors (Lipinski definition) is 4. The van der Waals surface area contributed by atoms with Gasteiger partial charge in [0.25, 0.3) is 0 Å². The van der Waals surface area contributed by atoms with E-state index in [0.717, 1.165) is 0 Å². The van der Waals surface area contributed by atoms with Crippen LogP contribution in [0.25, 0.3) is 0 Å². The molecule has 2 fully saturated rings. The lowest BCUT2D eigenvalue weighted by atomic mass is 9.86. The average molecular weight is 246 g/mol. The number of benzene rings is 1. The summed E-state index contributed by atoms with van der Waals surface area (Å²) in [6.07, 6.45) is 3.79. The van der Waals surface area contributed by atoms with Crippen molar-refractivity contribution in [2.24, 2.45) is 0 Å². The Bertz CT molecular complexity index is 381. The summed E-state index contributed by atoms with van der Waals surface area (Å²) in [5.74, 6) is 0. The van der Waals surface area contributed by atoms with Crippen LogP contribution in [-0.2, 0) is 0 Å². The molecule has 0 aromatic heterocycles. The van der Waals surface area contributed by atoms with Gasteiger partial charge in [-0.15, -0.1) is 0 Å². The molecule has 4 heteroatoms. The second-order valence-electron chi connectivity index (χ2n) is 5.38. The summed E-state index contributed by atoms with van der Waals surface area (Å²) in [6, 6.07) is 12.6. The van der Waals surface area contributed by atoms with E-state index in [-0.39, 0.29) is 0 Å². The highest BCUT2D eigenvalue weighted by Crippen LogP contribution is 2.23. The SMILES string of the molecule is CC(NC1CCCC2NNNC21)c1ccccc1. The normalized spacial score (nSPS) is 33.1. The highest BCUT2D eigenvalue weighted by molar-refractivity contribution is 5.18. The van der Waals surface area contributed by atoms with E-state index in [1.54, 1.807) is 0 Å². The summed E-state index contributed by atoms with van der Waals surface area (Å²) >= 11 is 0. The van der Waals surface area contributed by atoms with Crippen LogP contribution in [0.15, 0.2) is 30.3 Å². The van der Waals surface area contributed by atoms with Crippen molar-refractivity contribution in [3.05, 3.63) is 35.9 Å².